The number of alkyl halides is 5. The number of hydrogen-bond acceptors (Lipinski definition) is 3. The van der Waals surface area contributed by atoms with Gasteiger partial charge in [0.2, 0.25) is 0 Å². The third-order valence-electron chi connectivity index (χ3n) is 1.06. The fraction of sp³-hybridized carbons (Fsp3) is 0.600. The normalized spacial score (nSPS) is 13.4. The average molecular weight is 418 g/mol. The number of rotatable bonds is 1. The summed E-state index contributed by atoms with van der Waals surface area (Å²) in [4.78, 5) is 3.24. The summed E-state index contributed by atoms with van der Waals surface area (Å²) in [5.74, 6) is -1.27. The minimum atomic E-state index is -4.57. The maximum atomic E-state index is 12.0. The van der Waals surface area contributed by atoms with Gasteiger partial charge in [0.15, 0.2) is 5.82 Å². The molecule has 0 aromatic carbocycles. The molecule has 0 saturated carbocycles. The van der Waals surface area contributed by atoms with Crippen molar-refractivity contribution < 1.29 is 17.7 Å². The van der Waals surface area contributed by atoms with E-state index in [0.29, 0.717) is 0 Å². The van der Waals surface area contributed by atoms with E-state index in [0.717, 1.165) is 0 Å². The van der Waals surface area contributed by atoms with Gasteiger partial charge in [-0.25, -0.2) is 0 Å². The van der Waals surface area contributed by atoms with Crippen LogP contribution in [0.4, 0.5) is 13.2 Å². The van der Waals surface area contributed by atoms with Gasteiger partial charge in [0.1, 0.15) is 1.43 Å². The van der Waals surface area contributed by atoms with Gasteiger partial charge >= 0.3 is 12.1 Å². The lowest BCUT2D eigenvalue weighted by atomic mass is 10.5. The molecule has 0 N–H and O–H groups in total. The molecule has 0 radical (unpaired) electrons. The third kappa shape index (κ3) is 2.92. The zero-order chi connectivity index (χ0) is 10.3. The Morgan fingerprint density at radius 3 is 2.08 bits per heavy atom. The summed E-state index contributed by atoms with van der Waals surface area (Å²) in [5, 5.41) is 3.23. The van der Waals surface area contributed by atoms with Crippen molar-refractivity contribution in [2.24, 2.45) is 0 Å². The molecule has 0 aliphatic rings. The van der Waals surface area contributed by atoms with E-state index in [1.807, 2.05) is 45.2 Å². The number of nitrogens with zero attached hydrogens (tertiary/aromatic N) is 2. The third-order valence-corrected chi connectivity index (χ3v) is 2.03. The van der Waals surface area contributed by atoms with Crippen molar-refractivity contribution in [3.63, 3.8) is 0 Å². The molecule has 0 fully saturated rings. The van der Waals surface area contributed by atoms with E-state index in [2.05, 4.69) is 14.7 Å². The second-order valence-corrected chi connectivity index (χ2v) is 8.69. The first-order chi connectivity index (χ1) is 5.71. The first kappa shape index (κ1) is 11.5. The van der Waals surface area contributed by atoms with Crippen LogP contribution in [0.5, 0.6) is 0 Å². The summed E-state index contributed by atoms with van der Waals surface area (Å²) >= 11 is 3.84. The molecule has 0 aliphatic carbocycles. The van der Waals surface area contributed by atoms with Crippen molar-refractivity contribution in [3.05, 3.63) is 11.7 Å². The lowest BCUT2D eigenvalue weighted by molar-refractivity contribution is -0.159. The number of hydrogen-bond donors (Lipinski definition) is 0. The minimum absolute atomic E-state index is 0.0287. The average Bonchev–Trinajstić information content (AvgIpc) is 2.28. The van der Waals surface area contributed by atoms with E-state index in [4.69, 9.17) is 0 Å². The predicted octanol–water partition coefficient (Wildman–Crippen LogP) is 3.13. The summed E-state index contributed by atoms with van der Waals surface area (Å²) in [6.07, 6.45) is -4.57. The van der Waals surface area contributed by atoms with Gasteiger partial charge in [-0.05, 0) is 6.92 Å². The van der Waals surface area contributed by atoms with Crippen LogP contribution < -0.4 is 0 Å². The Morgan fingerprint density at radius 1 is 1.31 bits per heavy atom. The molecule has 1 rings (SSSR count). The second-order valence-electron chi connectivity index (χ2n) is 2.31. The van der Waals surface area contributed by atoms with Crippen LogP contribution >= 0.6 is 45.2 Å². The molecule has 3 nitrogen and oxygen atoms in total. The van der Waals surface area contributed by atoms with Crippen LogP contribution in [0.3, 0.4) is 0 Å². The summed E-state index contributed by atoms with van der Waals surface area (Å²) in [6, 6.07) is 0. The lowest BCUT2D eigenvalue weighted by Gasteiger charge is -2.06. The molecule has 0 aliphatic heterocycles. The first-order valence-electron chi connectivity index (χ1n) is 3.00. The lowest BCUT2D eigenvalue weighted by Crippen LogP contribution is -2.08. The fourth-order valence-corrected chi connectivity index (χ4v) is 0.955. The Balaban J connectivity index is 3.01. The van der Waals surface area contributed by atoms with Crippen molar-refractivity contribution in [1.29, 1.82) is 0 Å². The molecule has 0 unspecified atom stereocenters. The summed E-state index contributed by atoms with van der Waals surface area (Å²) < 4.78 is 39.4. The molecule has 0 saturated heterocycles. The van der Waals surface area contributed by atoms with E-state index in [-0.39, 0.29) is 5.82 Å². The zero-order valence-electron chi connectivity index (χ0n) is 6.19. The summed E-state index contributed by atoms with van der Waals surface area (Å²) in [7, 11) is 0. The molecular weight excluding hydrogens is 415 g/mol. The van der Waals surface area contributed by atoms with Crippen molar-refractivity contribution in [2.45, 2.75) is 14.5 Å². The van der Waals surface area contributed by atoms with Gasteiger partial charge in [0, 0.05) is 0 Å². The Hall–Kier alpha value is 0.390. The van der Waals surface area contributed by atoms with Gasteiger partial charge in [0.25, 0.3) is 0 Å². The van der Waals surface area contributed by atoms with Gasteiger partial charge in [-0.1, -0.05) is 50.3 Å². The molecule has 0 amide bonds. The Morgan fingerprint density at radius 2 is 1.85 bits per heavy atom. The maximum Gasteiger partial charge on any atom is 0.471 e. The minimum Gasteiger partial charge on any atom is -0.329 e. The molecular formula is C5H3F3I2N2O. The highest BCUT2D eigenvalue weighted by molar-refractivity contribution is 14.2. The van der Waals surface area contributed by atoms with E-state index in [1.165, 1.54) is 0 Å². The molecule has 13 heavy (non-hydrogen) atoms. The largest absolute Gasteiger partial charge is 0.471 e. The first-order valence-corrected chi connectivity index (χ1v) is 5.16. The molecule has 74 valence electrons. The van der Waals surface area contributed by atoms with Crippen LogP contribution in [0.1, 0.15) is 18.6 Å². The molecule has 0 atom stereocenters. The fourth-order valence-electron chi connectivity index (χ4n) is 0.517. The zero-order valence-corrected chi connectivity index (χ0v) is 10.5. The monoisotopic (exact) mass is 418 g/mol. The molecule has 1 aromatic rings. The van der Waals surface area contributed by atoms with E-state index in [9.17, 15) is 13.2 Å². The van der Waals surface area contributed by atoms with Gasteiger partial charge in [-0.2, -0.15) is 18.2 Å². The molecule has 1 heterocycles. The molecule has 0 bridgehead atoms. The Labute approximate surface area is 98.7 Å². The van der Waals surface area contributed by atoms with Crippen molar-refractivity contribution in [2.75, 3.05) is 0 Å². The Bertz CT molecular complexity index is 275. The predicted molar refractivity (Wildman–Crippen MR) is 54.7 cm³/mol. The van der Waals surface area contributed by atoms with Crippen molar-refractivity contribution in [1.82, 2.24) is 10.1 Å². The number of halogens is 5. The van der Waals surface area contributed by atoms with E-state index < -0.39 is 13.5 Å². The summed E-state index contributed by atoms with van der Waals surface area (Å²) in [6.45, 7) is 1.68. The van der Waals surface area contributed by atoms with Crippen molar-refractivity contribution in [3.8, 4) is 0 Å². The van der Waals surface area contributed by atoms with Crippen LogP contribution in [0.2, 0.25) is 0 Å². The topological polar surface area (TPSA) is 38.9 Å². The second kappa shape index (κ2) is 3.51. The highest BCUT2D eigenvalue weighted by Crippen LogP contribution is 2.38. The standard InChI is InChI=1S/C5H3F3I2N2O/c1-4(9,10)2-11-3(13-12-2)5(6,7)8/h1H3. The SMILES string of the molecule is CC(I)(I)c1noc(C(F)(F)F)n1. The summed E-state index contributed by atoms with van der Waals surface area (Å²) in [5.41, 5.74) is 0. The molecule has 0 spiro atoms. The van der Waals surface area contributed by atoms with Crippen molar-refractivity contribution >= 4 is 45.2 Å². The van der Waals surface area contributed by atoms with Gasteiger partial charge in [-0.15, -0.1) is 0 Å². The van der Waals surface area contributed by atoms with Crippen LogP contribution in [0.25, 0.3) is 0 Å². The van der Waals surface area contributed by atoms with E-state index >= 15 is 0 Å². The van der Waals surface area contributed by atoms with Gasteiger partial charge < -0.3 is 4.52 Å². The highest BCUT2D eigenvalue weighted by atomic mass is 127. The van der Waals surface area contributed by atoms with Crippen LogP contribution in [0, 0.1) is 0 Å². The van der Waals surface area contributed by atoms with Crippen LogP contribution in [0.15, 0.2) is 4.52 Å². The van der Waals surface area contributed by atoms with Gasteiger partial charge in [-0.3, -0.25) is 0 Å². The van der Waals surface area contributed by atoms with Crippen LogP contribution in [-0.2, 0) is 7.60 Å². The molecule has 1 aromatic heterocycles. The van der Waals surface area contributed by atoms with E-state index in [1.54, 1.807) is 6.92 Å². The van der Waals surface area contributed by atoms with Crippen LogP contribution in [-0.4, -0.2) is 10.1 Å². The number of aromatic nitrogens is 2. The molecule has 8 heteroatoms. The Kier molecular flexibility index (Phi) is 3.10. The smallest absolute Gasteiger partial charge is 0.329 e. The maximum absolute atomic E-state index is 12.0. The van der Waals surface area contributed by atoms with Gasteiger partial charge in [0.05, 0.1) is 0 Å². The highest BCUT2D eigenvalue weighted by Gasteiger charge is 2.40. The quantitative estimate of drug-likeness (QED) is 0.520.